The normalized spacial score (nSPS) is 14.2. The summed E-state index contributed by atoms with van der Waals surface area (Å²) >= 11 is 13.7. The Kier molecular flexibility index (Phi) is 5.82. The Morgan fingerprint density at radius 1 is 1.12 bits per heavy atom. The van der Waals surface area contributed by atoms with Gasteiger partial charge >= 0.3 is 0 Å². The van der Waals surface area contributed by atoms with E-state index < -0.39 is 0 Å². The highest BCUT2D eigenvalue weighted by Gasteiger charge is 2.20. The van der Waals surface area contributed by atoms with Gasteiger partial charge < -0.3 is 4.90 Å². The highest BCUT2D eigenvalue weighted by molar-refractivity contribution is 8.14. The molecule has 0 amide bonds. The molecule has 0 spiro atoms. The number of hydrogen-bond donors (Lipinski definition) is 0. The van der Waals surface area contributed by atoms with Crippen molar-refractivity contribution in [2.75, 3.05) is 23.7 Å². The first-order chi connectivity index (χ1) is 11.6. The maximum Gasteiger partial charge on any atom is 0.182 e. The molecule has 0 bridgehead atoms. The van der Waals surface area contributed by atoms with E-state index in [9.17, 15) is 4.79 Å². The van der Waals surface area contributed by atoms with E-state index in [0.29, 0.717) is 15.6 Å². The molecule has 0 saturated heterocycles. The second kappa shape index (κ2) is 8.06. The number of anilines is 1. The number of ketones is 1. The summed E-state index contributed by atoms with van der Waals surface area (Å²) in [6, 6.07) is 14.8. The smallest absolute Gasteiger partial charge is 0.182 e. The van der Waals surface area contributed by atoms with Gasteiger partial charge in [0, 0.05) is 23.5 Å². The zero-order chi connectivity index (χ0) is 16.9. The van der Waals surface area contributed by atoms with Crippen molar-refractivity contribution in [2.45, 2.75) is 6.42 Å². The number of carbonyl (C=O) groups is 1. The second-order valence-corrected chi connectivity index (χ2v) is 7.22. The number of aliphatic imine (C=N–C) groups is 1. The maximum atomic E-state index is 12.7. The average molecular weight is 379 g/mol. The van der Waals surface area contributed by atoms with Crippen molar-refractivity contribution >= 4 is 51.6 Å². The largest absolute Gasteiger partial charge is 0.313 e. The van der Waals surface area contributed by atoms with Gasteiger partial charge in [-0.15, -0.1) is 0 Å². The third-order valence-electron chi connectivity index (χ3n) is 3.62. The lowest BCUT2D eigenvalue weighted by Crippen LogP contribution is -2.35. The van der Waals surface area contributed by atoms with Crippen LogP contribution in [0.3, 0.4) is 0 Å². The van der Waals surface area contributed by atoms with Gasteiger partial charge in [0.15, 0.2) is 11.0 Å². The van der Waals surface area contributed by atoms with Crippen molar-refractivity contribution in [3.05, 3.63) is 64.1 Å². The predicted molar refractivity (Wildman–Crippen MR) is 104 cm³/mol. The monoisotopic (exact) mass is 378 g/mol. The lowest BCUT2D eigenvalue weighted by atomic mass is 10.1. The Morgan fingerprint density at radius 3 is 2.58 bits per heavy atom. The van der Waals surface area contributed by atoms with E-state index in [4.69, 9.17) is 23.2 Å². The molecular formula is C18H16Cl2N2OS. The minimum absolute atomic E-state index is 0.0220. The number of carbonyl (C=O) groups excluding carboxylic acids is 1. The third kappa shape index (κ3) is 4.12. The molecule has 1 heterocycles. The average Bonchev–Trinajstić information content (AvgIpc) is 2.63. The van der Waals surface area contributed by atoms with Gasteiger partial charge in [-0.3, -0.25) is 9.79 Å². The number of nitrogens with zero attached hydrogens (tertiary/aromatic N) is 2. The molecule has 3 rings (SSSR count). The molecule has 0 unspecified atom stereocenters. The lowest BCUT2D eigenvalue weighted by Gasteiger charge is -2.27. The maximum absolute atomic E-state index is 12.7. The topological polar surface area (TPSA) is 32.7 Å². The number of halogens is 2. The van der Waals surface area contributed by atoms with Crippen LogP contribution in [0.25, 0.3) is 0 Å². The highest BCUT2D eigenvalue weighted by Crippen LogP contribution is 2.25. The van der Waals surface area contributed by atoms with E-state index in [1.54, 1.807) is 30.0 Å². The van der Waals surface area contributed by atoms with Crippen LogP contribution in [0.15, 0.2) is 53.5 Å². The standard InChI is InChI=1S/C18H16Cl2N2OS/c19-15-8-7-13(11-16(15)20)17(23)12-22(14-5-2-1-3-6-14)18-21-9-4-10-24-18/h1-3,5-8,11H,4,9-10,12H2. The number of thioether (sulfide) groups is 1. The third-order valence-corrected chi connectivity index (χ3v) is 5.46. The molecule has 1 aliphatic rings. The van der Waals surface area contributed by atoms with E-state index in [0.717, 1.165) is 29.6 Å². The molecule has 1 aliphatic heterocycles. The van der Waals surface area contributed by atoms with Crippen LogP contribution in [0, 0.1) is 0 Å². The Labute approximate surface area is 155 Å². The predicted octanol–water partition coefficient (Wildman–Crippen LogP) is 5.18. The van der Waals surface area contributed by atoms with E-state index in [1.807, 2.05) is 35.2 Å². The number of Topliss-reactive ketones (excluding diaryl/α,β-unsaturated/α-hetero) is 1. The summed E-state index contributed by atoms with van der Waals surface area (Å²) in [5.74, 6) is 0.995. The Hall–Kier alpha value is -1.49. The highest BCUT2D eigenvalue weighted by atomic mass is 35.5. The molecule has 0 fully saturated rings. The van der Waals surface area contributed by atoms with Gasteiger partial charge in [0.25, 0.3) is 0 Å². The van der Waals surface area contributed by atoms with E-state index >= 15 is 0 Å². The summed E-state index contributed by atoms with van der Waals surface area (Å²) < 4.78 is 0. The summed E-state index contributed by atoms with van der Waals surface area (Å²) in [6.45, 7) is 1.01. The Morgan fingerprint density at radius 2 is 1.92 bits per heavy atom. The molecule has 3 nitrogen and oxygen atoms in total. The molecule has 24 heavy (non-hydrogen) atoms. The van der Waals surface area contributed by atoms with Crippen LogP contribution in [-0.2, 0) is 0 Å². The van der Waals surface area contributed by atoms with E-state index in [1.165, 1.54) is 0 Å². The van der Waals surface area contributed by atoms with Crippen LogP contribution in [0.2, 0.25) is 10.0 Å². The SMILES string of the molecule is O=C(CN(C1=NCCCS1)c1ccccc1)c1ccc(Cl)c(Cl)c1. The molecular weight excluding hydrogens is 363 g/mol. The number of benzene rings is 2. The molecule has 0 atom stereocenters. The number of hydrogen-bond acceptors (Lipinski definition) is 4. The van der Waals surface area contributed by atoms with Gasteiger partial charge in [0.1, 0.15) is 0 Å². The van der Waals surface area contributed by atoms with Crippen LogP contribution in [-0.4, -0.2) is 29.8 Å². The minimum Gasteiger partial charge on any atom is -0.313 e. The quantitative estimate of drug-likeness (QED) is 0.687. The lowest BCUT2D eigenvalue weighted by molar-refractivity contribution is 0.100. The number of rotatable bonds is 4. The van der Waals surface area contributed by atoms with E-state index in [-0.39, 0.29) is 12.3 Å². The first-order valence-electron chi connectivity index (χ1n) is 7.63. The van der Waals surface area contributed by atoms with Crippen molar-refractivity contribution in [1.82, 2.24) is 0 Å². The van der Waals surface area contributed by atoms with Crippen molar-refractivity contribution in [2.24, 2.45) is 4.99 Å². The summed E-state index contributed by atoms with van der Waals surface area (Å²) in [6.07, 6.45) is 1.07. The number of para-hydroxylation sites is 1. The minimum atomic E-state index is -0.0220. The first kappa shape index (κ1) is 17.3. The molecule has 0 radical (unpaired) electrons. The Balaban J connectivity index is 1.87. The Bertz CT molecular complexity index is 765. The molecule has 6 heteroatoms. The van der Waals surface area contributed by atoms with Crippen molar-refractivity contribution in [1.29, 1.82) is 0 Å². The fourth-order valence-corrected chi connectivity index (χ4v) is 3.66. The van der Waals surface area contributed by atoms with Crippen LogP contribution in [0.5, 0.6) is 0 Å². The van der Waals surface area contributed by atoms with Gasteiger partial charge in [0.2, 0.25) is 0 Å². The molecule has 124 valence electrons. The van der Waals surface area contributed by atoms with Gasteiger partial charge in [-0.2, -0.15) is 0 Å². The van der Waals surface area contributed by atoms with Gasteiger partial charge in [-0.1, -0.05) is 53.2 Å². The van der Waals surface area contributed by atoms with Crippen LogP contribution < -0.4 is 4.90 Å². The molecule has 2 aromatic carbocycles. The summed E-state index contributed by atoms with van der Waals surface area (Å²) in [5.41, 5.74) is 1.51. The molecule has 2 aromatic rings. The molecule has 0 N–H and O–H groups in total. The van der Waals surface area contributed by atoms with Crippen LogP contribution in [0.4, 0.5) is 5.69 Å². The summed E-state index contributed by atoms with van der Waals surface area (Å²) in [7, 11) is 0. The zero-order valence-corrected chi connectivity index (χ0v) is 15.2. The van der Waals surface area contributed by atoms with Crippen LogP contribution >= 0.6 is 35.0 Å². The van der Waals surface area contributed by atoms with Crippen LogP contribution in [0.1, 0.15) is 16.8 Å². The van der Waals surface area contributed by atoms with Crippen molar-refractivity contribution in [3.63, 3.8) is 0 Å². The van der Waals surface area contributed by atoms with Gasteiger partial charge in [-0.05, 0) is 36.8 Å². The second-order valence-electron chi connectivity index (χ2n) is 5.34. The first-order valence-corrected chi connectivity index (χ1v) is 9.37. The molecule has 0 aliphatic carbocycles. The zero-order valence-electron chi connectivity index (χ0n) is 12.9. The summed E-state index contributed by atoms with van der Waals surface area (Å²) in [5, 5.41) is 1.72. The van der Waals surface area contributed by atoms with Gasteiger partial charge in [0.05, 0.1) is 16.6 Å². The fourth-order valence-electron chi connectivity index (χ4n) is 2.39. The van der Waals surface area contributed by atoms with E-state index in [2.05, 4.69) is 4.99 Å². The number of amidine groups is 1. The molecule has 0 saturated carbocycles. The van der Waals surface area contributed by atoms with Gasteiger partial charge in [-0.25, -0.2) is 0 Å². The summed E-state index contributed by atoms with van der Waals surface area (Å²) in [4.78, 5) is 19.3. The fraction of sp³-hybridized carbons (Fsp3) is 0.222. The molecule has 0 aromatic heterocycles. The van der Waals surface area contributed by atoms with Crippen molar-refractivity contribution in [3.8, 4) is 0 Å². The van der Waals surface area contributed by atoms with Crippen molar-refractivity contribution < 1.29 is 4.79 Å².